The third-order valence-electron chi connectivity index (χ3n) is 3.29. The Kier molecular flexibility index (Phi) is 4.43. The van der Waals surface area contributed by atoms with Gasteiger partial charge in [-0.1, -0.05) is 42.1 Å². The van der Waals surface area contributed by atoms with E-state index >= 15 is 0 Å². The van der Waals surface area contributed by atoms with Crippen molar-refractivity contribution in [2.24, 2.45) is 0 Å². The van der Waals surface area contributed by atoms with Crippen molar-refractivity contribution >= 4 is 22.8 Å². The molecular weight excluding hydrogens is 260 g/mol. The molecule has 1 aromatic rings. The first-order valence-corrected chi connectivity index (χ1v) is 7.21. The van der Waals surface area contributed by atoms with Crippen LogP contribution in [-0.2, 0) is 16.0 Å². The number of thioether (sulfide) groups is 1. The van der Waals surface area contributed by atoms with Crippen LogP contribution in [0.1, 0.15) is 30.4 Å². The fourth-order valence-corrected chi connectivity index (χ4v) is 2.95. The zero-order valence-electron chi connectivity index (χ0n) is 10.8. The highest BCUT2D eigenvalue weighted by Crippen LogP contribution is 2.34. The van der Waals surface area contributed by atoms with E-state index in [-0.39, 0.29) is 16.8 Å². The molecule has 1 aliphatic carbocycles. The zero-order chi connectivity index (χ0) is 13.8. The van der Waals surface area contributed by atoms with Gasteiger partial charge in [0, 0.05) is 24.2 Å². The van der Waals surface area contributed by atoms with E-state index in [1.807, 2.05) is 18.2 Å². The van der Waals surface area contributed by atoms with Gasteiger partial charge in [-0.25, -0.2) is 4.79 Å². The van der Waals surface area contributed by atoms with Crippen LogP contribution >= 0.6 is 11.8 Å². The molecule has 1 aromatic carbocycles. The molecule has 4 heteroatoms. The van der Waals surface area contributed by atoms with Gasteiger partial charge in [0.05, 0.1) is 0 Å². The molecule has 2 rings (SSSR count). The summed E-state index contributed by atoms with van der Waals surface area (Å²) >= 11 is 1.04. The molecule has 0 amide bonds. The van der Waals surface area contributed by atoms with Gasteiger partial charge in [0.25, 0.3) is 0 Å². The summed E-state index contributed by atoms with van der Waals surface area (Å²) in [6.07, 6.45) is 3.75. The summed E-state index contributed by atoms with van der Waals surface area (Å²) in [6.45, 7) is 1.45. The van der Waals surface area contributed by atoms with Crippen LogP contribution in [-0.4, -0.2) is 21.9 Å². The van der Waals surface area contributed by atoms with Gasteiger partial charge < -0.3 is 5.11 Å². The normalized spacial score (nSPS) is 18.2. The third kappa shape index (κ3) is 3.47. The number of carbonyl (C=O) groups excluding carboxylic acids is 1. The Labute approximate surface area is 116 Å². The molecule has 0 saturated carbocycles. The van der Waals surface area contributed by atoms with Crippen molar-refractivity contribution in [2.45, 2.75) is 25.7 Å². The van der Waals surface area contributed by atoms with E-state index in [0.717, 1.165) is 24.6 Å². The van der Waals surface area contributed by atoms with E-state index in [4.69, 9.17) is 0 Å². The fraction of sp³-hybridized carbons (Fsp3) is 0.333. The summed E-state index contributed by atoms with van der Waals surface area (Å²) in [4.78, 5) is 22.2. The molecule has 0 fully saturated rings. The first-order valence-electron chi connectivity index (χ1n) is 6.23. The molecule has 100 valence electrons. The van der Waals surface area contributed by atoms with Crippen LogP contribution in [0.3, 0.4) is 0 Å². The van der Waals surface area contributed by atoms with Gasteiger partial charge in [0.2, 0.25) is 0 Å². The number of aryl methyl sites for hydroxylation is 1. The minimum absolute atomic E-state index is 0.0565. The minimum Gasteiger partial charge on any atom is -0.478 e. The number of benzene rings is 1. The van der Waals surface area contributed by atoms with E-state index in [2.05, 4.69) is 12.1 Å². The number of hydrogen-bond acceptors (Lipinski definition) is 3. The number of fused-ring (bicyclic) bond motifs is 1. The van der Waals surface area contributed by atoms with E-state index in [1.165, 1.54) is 18.1 Å². The molecule has 0 bridgehead atoms. The standard InChI is InChI=1S/C15H16O3S/c1-10(16)19-9-13(15(17)18)8-12-7-6-11-4-2-3-5-14(11)12/h2-5,8,12H,6-7,9H2,1H3,(H,17,18)/b13-8+. The molecule has 19 heavy (non-hydrogen) atoms. The van der Waals surface area contributed by atoms with Crippen molar-refractivity contribution < 1.29 is 14.7 Å². The SMILES string of the molecule is CC(=O)SC/C(=C\C1CCc2ccccc21)C(=O)O. The van der Waals surface area contributed by atoms with Crippen molar-refractivity contribution in [1.82, 2.24) is 0 Å². The molecule has 0 aromatic heterocycles. The maximum Gasteiger partial charge on any atom is 0.332 e. The largest absolute Gasteiger partial charge is 0.478 e. The smallest absolute Gasteiger partial charge is 0.332 e. The van der Waals surface area contributed by atoms with Crippen LogP contribution in [0.15, 0.2) is 35.9 Å². The second-order valence-electron chi connectivity index (χ2n) is 4.62. The highest BCUT2D eigenvalue weighted by atomic mass is 32.2. The number of allylic oxidation sites excluding steroid dienone is 1. The predicted molar refractivity (Wildman–Crippen MR) is 76.4 cm³/mol. The molecule has 0 aliphatic heterocycles. The second-order valence-corrected chi connectivity index (χ2v) is 5.77. The van der Waals surface area contributed by atoms with E-state index in [0.29, 0.717) is 5.57 Å². The lowest BCUT2D eigenvalue weighted by atomic mass is 9.99. The van der Waals surface area contributed by atoms with Crippen molar-refractivity contribution in [2.75, 3.05) is 5.75 Å². The Hall–Kier alpha value is -1.55. The Bertz CT molecular complexity index is 534. The summed E-state index contributed by atoms with van der Waals surface area (Å²) in [5.41, 5.74) is 2.84. The predicted octanol–water partition coefficient (Wildman–Crippen LogP) is 3.01. The van der Waals surface area contributed by atoms with Crippen LogP contribution in [0.4, 0.5) is 0 Å². The topological polar surface area (TPSA) is 54.4 Å². The number of rotatable bonds is 4. The molecular formula is C15H16O3S. The van der Waals surface area contributed by atoms with Crippen LogP contribution < -0.4 is 0 Å². The first kappa shape index (κ1) is 13.9. The minimum atomic E-state index is -0.932. The van der Waals surface area contributed by atoms with Crippen LogP contribution in [0.25, 0.3) is 0 Å². The van der Waals surface area contributed by atoms with Crippen LogP contribution in [0, 0.1) is 0 Å². The summed E-state index contributed by atoms with van der Waals surface area (Å²) in [7, 11) is 0. The summed E-state index contributed by atoms with van der Waals surface area (Å²) in [5.74, 6) is -0.531. The quantitative estimate of drug-likeness (QED) is 0.859. The average Bonchev–Trinajstić information content (AvgIpc) is 2.77. The summed E-state index contributed by atoms with van der Waals surface area (Å²) < 4.78 is 0. The van der Waals surface area contributed by atoms with Gasteiger partial charge in [-0.2, -0.15) is 0 Å². The summed E-state index contributed by atoms with van der Waals surface area (Å²) in [6, 6.07) is 8.14. The summed E-state index contributed by atoms with van der Waals surface area (Å²) in [5, 5.41) is 9.15. The number of hydrogen-bond donors (Lipinski definition) is 1. The Morgan fingerprint density at radius 2 is 2.16 bits per heavy atom. The van der Waals surface area contributed by atoms with Crippen LogP contribution in [0.2, 0.25) is 0 Å². The highest BCUT2D eigenvalue weighted by Gasteiger charge is 2.22. The molecule has 0 radical (unpaired) electrons. The zero-order valence-corrected chi connectivity index (χ0v) is 11.6. The van der Waals surface area contributed by atoms with E-state index in [1.54, 1.807) is 0 Å². The maximum atomic E-state index is 11.2. The molecule has 0 saturated heterocycles. The number of aliphatic carboxylic acids is 1. The van der Waals surface area contributed by atoms with Crippen molar-refractivity contribution in [3.8, 4) is 0 Å². The average molecular weight is 276 g/mol. The van der Waals surface area contributed by atoms with Gasteiger partial charge in [-0.05, 0) is 24.0 Å². The Balaban J connectivity index is 2.18. The number of carboxylic acids is 1. The lowest BCUT2D eigenvalue weighted by Gasteiger charge is -2.08. The molecule has 0 spiro atoms. The maximum absolute atomic E-state index is 11.2. The van der Waals surface area contributed by atoms with Crippen molar-refractivity contribution in [3.05, 3.63) is 47.0 Å². The van der Waals surface area contributed by atoms with Gasteiger partial charge in [-0.3, -0.25) is 4.79 Å². The molecule has 1 atom stereocenters. The fourth-order valence-electron chi connectivity index (χ4n) is 2.37. The molecule has 1 aliphatic rings. The van der Waals surface area contributed by atoms with Crippen LogP contribution in [0.5, 0.6) is 0 Å². The monoisotopic (exact) mass is 276 g/mol. The molecule has 0 heterocycles. The Morgan fingerprint density at radius 1 is 1.42 bits per heavy atom. The van der Waals surface area contributed by atoms with Gasteiger partial charge in [0.15, 0.2) is 5.12 Å². The molecule has 3 nitrogen and oxygen atoms in total. The second kappa shape index (κ2) is 6.06. The highest BCUT2D eigenvalue weighted by molar-refractivity contribution is 8.13. The number of carboxylic acid groups (broad SMARTS) is 1. The lowest BCUT2D eigenvalue weighted by molar-refractivity contribution is -0.132. The van der Waals surface area contributed by atoms with Crippen molar-refractivity contribution in [1.29, 1.82) is 0 Å². The van der Waals surface area contributed by atoms with E-state index in [9.17, 15) is 14.7 Å². The van der Waals surface area contributed by atoms with Crippen molar-refractivity contribution in [3.63, 3.8) is 0 Å². The Morgan fingerprint density at radius 3 is 2.84 bits per heavy atom. The molecule has 1 N–H and O–H groups in total. The van der Waals surface area contributed by atoms with E-state index < -0.39 is 5.97 Å². The van der Waals surface area contributed by atoms with Gasteiger partial charge in [0.1, 0.15) is 0 Å². The first-order chi connectivity index (χ1) is 9.08. The number of carbonyl (C=O) groups is 2. The third-order valence-corrected chi connectivity index (χ3v) is 4.15. The van der Waals surface area contributed by atoms with Gasteiger partial charge >= 0.3 is 5.97 Å². The van der Waals surface area contributed by atoms with Gasteiger partial charge in [-0.15, -0.1) is 0 Å². The molecule has 1 unspecified atom stereocenters. The lowest BCUT2D eigenvalue weighted by Crippen LogP contribution is -2.06.